The van der Waals surface area contributed by atoms with Gasteiger partial charge in [0.2, 0.25) is 0 Å². The van der Waals surface area contributed by atoms with E-state index in [9.17, 15) is 4.79 Å². The van der Waals surface area contributed by atoms with Gasteiger partial charge in [-0.15, -0.1) is 0 Å². The third kappa shape index (κ3) is 1.59. The molecule has 15 heavy (non-hydrogen) atoms. The van der Waals surface area contributed by atoms with E-state index >= 15 is 0 Å². The molecule has 0 aliphatic carbocycles. The van der Waals surface area contributed by atoms with Crippen molar-refractivity contribution in [2.45, 2.75) is 6.92 Å². The lowest BCUT2D eigenvalue weighted by atomic mass is 10.1. The third-order valence-electron chi connectivity index (χ3n) is 2.32. The molecule has 0 unspecified atom stereocenters. The highest BCUT2D eigenvalue weighted by molar-refractivity contribution is 6.07. The summed E-state index contributed by atoms with van der Waals surface area (Å²) in [5.74, 6) is -0.229. The van der Waals surface area contributed by atoms with Gasteiger partial charge in [0.25, 0.3) is 5.91 Å². The van der Waals surface area contributed by atoms with Crippen LogP contribution in [0.2, 0.25) is 0 Å². The SMILES string of the molecule is CONC(=O)c1c(C)[nH]c2ccccc12. The van der Waals surface area contributed by atoms with Crippen LogP contribution in [0.1, 0.15) is 16.1 Å². The van der Waals surface area contributed by atoms with Crippen molar-refractivity contribution in [2.75, 3.05) is 7.11 Å². The number of H-pyrrole nitrogens is 1. The second kappa shape index (κ2) is 3.74. The maximum absolute atomic E-state index is 11.7. The second-order valence-corrected chi connectivity index (χ2v) is 3.31. The van der Waals surface area contributed by atoms with Gasteiger partial charge in [0.05, 0.1) is 12.7 Å². The molecule has 0 saturated heterocycles. The minimum absolute atomic E-state index is 0.229. The highest BCUT2D eigenvalue weighted by atomic mass is 16.6. The van der Waals surface area contributed by atoms with Gasteiger partial charge in [0, 0.05) is 16.6 Å². The molecule has 0 fully saturated rings. The maximum Gasteiger partial charge on any atom is 0.277 e. The predicted molar refractivity (Wildman–Crippen MR) is 57.5 cm³/mol. The van der Waals surface area contributed by atoms with Crippen molar-refractivity contribution in [1.29, 1.82) is 0 Å². The lowest BCUT2D eigenvalue weighted by molar-refractivity contribution is 0.0539. The summed E-state index contributed by atoms with van der Waals surface area (Å²) < 4.78 is 0. The summed E-state index contributed by atoms with van der Waals surface area (Å²) in [4.78, 5) is 19.5. The number of hydrogen-bond donors (Lipinski definition) is 2. The van der Waals surface area contributed by atoms with Crippen LogP contribution in [0.15, 0.2) is 24.3 Å². The summed E-state index contributed by atoms with van der Waals surface area (Å²) in [5, 5.41) is 0.907. The van der Waals surface area contributed by atoms with Crippen molar-refractivity contribution in [1.82, 2.24) is 10.5 Å². The Labute approximate surface area is 87.2 Å². The van der Waals surface area contributed by atoms with E-state index in [0.29, 0.717) is 5.56 Å². The molecule has 0 spiro atoms. The number of para-hydroxylation sites is 1. The van der Waals surface area contributed by atoms with Crippen LogP contribution in [0.4, 0.5) is 0 Å². The van der Waals surface area contributed by atoms with Gasteiger partial charge in [0.1, 0.15) is 0 Å². The summed E-state index contributed by atoms with van der Waals surface area (Å²) >= 11 is 0. The fraction of sp³-hybridized carbons (Fsp3) is 0.182. The average Bonchev–Trinajstić information content (AvgIpc) is 2.54. The molecule has 78 valence electrons. The number of fused-ring (bicyclic) bond motifs is 1. The molecule has 2 N–H and O–H groups in total. The normalized spacial score (nSPS) is 10.5. The van der Waals surface area contributed by atoms with Crippen LogP contribution in [-0.2, 0) is 4.84 Å². The van der Waals surface area contributed by atoms with Gasteiger partial charge < -0.3 is 4.98 Å². The second-order valence-electron chi connectivity index (χ2n) is 3.31. The number of carbonyl (C=O) groups excluding carboxylic acids is 1. The lowest BCUT2D eigenvalue weighted by Crippen LogP contribution is -2.22. The largest absolute Gasteiger partial charge is 0.358 e. The molecule has 0 aliphatic rings. The van der Waals surface area contributed by atoms with Gasteiger partial charge in [-0.3, -0.25) is 9.63 Å². The number of rotatable bonds is 2. The van der Waals surface area contributed by atoms with E-state index in [0.717, 1.165) is 16.6 Å². The van der Waals surface area contributed by atoms with Crippen molar-refractivity contribution in [3.63, 3.8) is 0 Å². The molecular formula is C11H12N2O2. The Morgan fingerprint density at radius 3 is 2.87 bits per heavy atom. The van der Waals surface area contributed by atoms with Gasteiger partial charge in [0.15, 0.2) is 0 Å². The van der Waals surface area contributed by atoms with Gasteiger partial charge in [-0.25, -0.2) is 5.48 Å². The number of aromatic nitrogens is 1. The first-order valence-electron chi connectivity index (χ1n) is 4.64. The Balaban J connectivity index is 2.58. The topological polar surface area (TPSA) is 54.1 Å². The zero-order valence-corrected chi connectivity index (χ0v) is 8.63. The fourth-order valence-corrected chi connectivity index (χ4v) is 1.71. The van der Waals surface area contributed by atoms with Crippen molar-refractivity contribution in [3.8, 4) is 0 Å². The number of hydroxylamine groups is 1. The first-order valence-corrected chi connectivity index (χ1v) is 4.64. The van der Waals surface area contributed by atoms with E-state index in [2.05, 4.69) is 15.3 Å². The smallest absolute Gasteiger partial charge is 0.277 e. The Kier molecular flexibility index (Phi) is 2.43. The van der Waals surface area contributed by atoms with Crippen molar-refractivity contribution < 1.29 is 9.63 Å². The van der Waals surface area contributed by atoms with Crippen LogP contribution < -0.4 is 5.48 Å². The summed E-state index contributed by atoms with van der Waals surface area (Å²) in [6, 6.07) is 7.67. The Hall–Kier alpha value is -1.81. The first-order chi connectivity index (χ1) is 7.24. The minimum Gasteiger partial charge on any atom is -0.358 e. The molecule has 1 aromatic carbocycles. The molecule has 2 aromatic rings. The molecule has 4 heteroatoms. The molecule has 2 rings (SSSR count). The van der Waals surface area contributed by atoms with Gasteiger partial charge in [-0.1, -0.05) is 18.2 Å². The number of aromatic amines is 1. The molecule has 4 nitrogen and oxygen atoms in total. The highest BCUT2D eigenvalue weighted by Gasteiger charge is 2.14. The molecule has 0 atom stereocenters. The van der Waals surface area contributed by atoms with E-state index in [-0.39, 0.29) is 5.91 Å². The number of amides is 1. The number of carbonyl (C=O) groups is 1. The standard InChI is InChI=1S/C11H12N2O2/c1-7-10(11(14)13-15-2)8-5-3-4-6-9(8)12-7/h3-6,12H,1-2H3,(H,13,14). The molecule has 0 saturated carbocycles. The molecule has 1 heterocycles. The van der Waals surface area contributed by atoms with Crippen LogP contribution >= 0.6 is 0 Å². The summed E-state index contributed by atoms with van der Waals surface area (Å²) in [7, 11) is 1.42. The highest BCUT2D eigenvalue weighted by Crippen LogP contribution is 2.21. The summed E-state index contributed by atoms with van der Waals surface area (Å²) in [5.41, 5.74) is 4.75. The number of nitrogens with one attached hydrogen (secondary N) is 2. The Morgan fingerprint density at radius 1 is 1.40 bits per heavy atom. The fourth-order valence-electron chi connectivity index (χ4n) is 1.71. The Bertz CT molecular complexity index is 502. The predicted octanol–water partition coefficient (Wildman–Crippen LogP) is 1.77. The van der Waals surface area contributed by atoms with Crippen LogP contribution in [0.5, 0.6) is 0 Å². The van der Waals surface area contributed by atoms with Crippen molar-refractivity contribution in [3.05, 3.63) is 35.5 Å². The van der Waals surface area contributed by atoms with Gasteiger partial charge in [-0.2, -0.15) is 0 Å². The molecule has 0 aliphatic heterocycles. The lowest BCUT2D eigenvalue weighted by Gasteiger charge is -2.01. The first kappa shape index (κ1) is 9.73. The number of benzene rings is 1. The number of aryl methyl sites for hydroxylation is 1. The van der Waals surface area contributed by atoms with E-state index in [1.54, 1.807) is 0 Å². The molecule has 1 aromatic heterocycles. The average molecular weight is 204 g/mol. The summed E-state index contributed by atoms with van der Waals surface area (Å²) in [6.07, 6.45) is 0. The summed E-state index contributed by atoms with van der Waals surface area (Å²) in [6.45, 7) is 1.87. The van der Waals surface area contributed by atoms with E-state index < -0.39 is 0 Å². The molecule has 0 bridgehead atoms. The molecular weight excluding hydrogens is 192 g/mol. The zero-order chi connectivity index (χ0) is 10.8. The van der Waals surface area contributed by atoms with Crippen LogP contribution in [-0.4, -0.2) is 18.0 Å². The van der Waals surface area contributed by atoms with Gasteiger partial charge in [-0.05, 0) is 13.0 Å². The quantitative estimate of drug-likeness (QED) is 0.732. The van der Waals surface area contributed by atoms with Gasteiger partial charge >= 0.3 is 0 Å². The van der Waals surface area contributed by atoms with E-state index in [1.807, 2.05) is 31.2 Å². The van der Waals surface area contributed by atoms with Crippen LogP contribution in [0, 0.1) is 6.92 Å². The monoisotopic (exact) mass is 204 g/mol. The minimum atomic E-state index is -0.229. The Morgan fingerprint density at radius 2 is 2.13 bits per heavy atom. The molecule has 0 radical (unpaired) electrons. The van der Waals surface area contributed by atoms with Crippen LogP contribution in [0.25, 0.3) is 10.9 Å². The van der Waals surface area contributed by atoms with Crippen molar-refractivity contribution in [2.24, 2.45) is 0 Å². The zero-order valence-electron chi connectivity index (χ0n) is 8.63. The number of hydrogen-bond acceptors (Lipinski definition) is 2. The maximum atomic E-state index is 11.7. The third-order valence-corrected chi connectivity index (χ3v) is 2.32. The molecule has 1 amide bonds. The van der Waals surface area contributed by atoms with E-state index in [4.69, 9.17) is 0 Å². The van der Waals surface area contributed by atoms with E-state index in [1.165, 1.54) is 7.11 Å². The van der Waals surface area contributed by atoms with Crippen molar-refractivity contribution >= 4 is 16.8 Å². The van der Waals surface area contributed by atoms with Crippen LogP contribution in [0.3, 0.4) is 0 Å².